The van der Waals surface area contributed by atoms with E-state index in [1.54, 1.807) is 12.3 Å². The fourth-order valence-corrected chi connectivity index (χ4v) is 3.88. The van der Waals surface area contributed by atoms with Crippen molar-refractivity contribution in [1.29, 1.82) is 0 Å². The highest BCUT2D eigenvalue weighted by molar-refractivity contribution is 7.92. The molecule has 0 aliphatic rings. The lowest BCUT2D eigenvalue weighted by Gasteiger charge is -2.10. The predicted octanol–water partition coefficient (Wildman–Crippen LogP) is 3.93. The molecule has 11 heteroatoms. The second-order valence-electron chi connectivity index (χ2n) is 4.94. The number of anilines is 1. The van der Waals surface area contributed by atoms with Crippen molar-refractivity contribution in [3.05, 3.63) is 47.1 Å². The van der Waals surface area contributed by atoms with E-state index in [0.717, 1.165) is 12.1 Å². The summed E-state index contributed by atoms with van der Waals surface area (Å²) in [6.07, 6.45) is -4.54. The standard InChI is InChI=1S/C14H10F3N3O3S2/c1-8-18-13(23-19-8)12-11(6-7-24-12)20-25(21,22)10-4-2-9(3-5-10)14(15,16)17/h2-7,20H,1H3. The molecule has 0 radical (unpaired) electrons. The Bertz CT molecular complexity index is 992. The van der Waals surface area contributed by atoms with Crippen LogP contribution in [0.25, 0.3) is 10.8 Å². The van der Waals surface area contributed by atoms with Crippen LogP contribution in [0.2, 0.25) is 0 Å². The van der Waals surface area contributed by atoms with Gasteiger partial charge in [-0.3, -0.25) is 4.72 Å². The number of benzene rings is 1. The summed E-state index contributed by atoms with van der Waals surface area (Å²) in [6.45, 7) is 1.62. The summed E-state index contributed by atoms with van der Waals surface area (Å²) < 4.78 is 69.9. The van der Waals surface area contributed by atoms with E-state index in [9.17, 15) is 21.6 Å². The zero-order chi connectivity index (χ0) is 18.2. The van der Waals surface area contributed by atoms with Crippen LogP contribution in [0.15, 0.2) is 45.1 Å². The predicted molar refractivity (Wildman–Crippen MR) is 84.6 cm³/mol. The Morgan fingerprint density at radius 3 is 2.40 bits per heavy atom. The highest BCUT2D eigenvalue weighted by atomic mass is 32.2. The van der Waals surface area contributed by atoms with Gasteiger partial charge >= 0.3 is 6.18 Å². The maximum Gasteiger partial charge on any atom is 0.416 e. The van der Waals surface area contributed by atoms with Crippen molar-refractivity contribution in [2.45, 2.75) is 18.0 Å². The van der Waals surface area contributed by atoms with Crippen LogP contribution in [0.4, 0.5) is 18.9 Å². The normalized spacial score (nSPS) is 12.3. The fourth-order valence-electron chi connectivity index (χ4n) is 1.97. The van der Waals surface area contributed by atoms with Gasteiger partial charge in [0.25, 0.3) is 15.9 Å². The number of aryl methyl sites for hydroxylation is 1. The third kappa shape index (κ3) is 3.66. The van der Waals surface area contributed by atoms with Crippen LogP contribution < -0.4 is 4.72 Å². The van der Waals surface area contributed by atoms with Crippen molar-refractivity contribution in [1.82, 2.24) is 10.1 Å². The van der Waals surface area contributed by atoms with Crippen LogP contribution in [-0.4, -0.2) is 18.6 Å². The van der Waals surface area contributed by atoms with E-state index in [4.69, 9.17) is 4.52 Å². The molecule has 6 nitrogen and oxygen atoms in total. The van der Waals surface area contributed by atoms with Gasteiger partial charge in [-0.05, 0) is 42.6 Å². The van der Waals surface area contributed by atoms with Gasteiger partial charge < -0.3 is 4.52 Å². The third-order valence-corrected chi connectivity index (χ3v) is 5.41. The third-order valence-electron chi connectivity index (χ3n) is 3.12. The number of halogens is 3. The van der Waals surface area contributed by atoms with E-state index >= 15 is 0 Å². The molecule has 0 spiro atoms. The lowest BCUT2D eigenvalue weighted by molar-refractivity contribution is -0.137. The van der Waals surface area contributed by atoms with Crippen LogP contribution in [0.5, 0.6) is 0 Å². The van der Waals surface area contributed by atoms with Gasteiger partial charge in [-0.15, -0.1) is 11.3 Å². The van der Waals surface area contributed by atoms with E-state index in [2.05, 4.69) is 14.9 Å². The summed E-state index contributed by atoms with van der Waals surface area (Å²) in [5.41, 5.74) is -0.724. The highest BCUT2D eigenvalue weighted by Gasteiger charge is 2.30. The molecule has 0 unspecified atom stereocenters. The molecule has 0 saturated heterocycles. The maximum atomic E-state index is 12.6. The van der Waals surface area contributed by atoms with Crippen LogP contribution in [-0.2, 0) is 16.2 Å². The quantitative estimate of drug-likeness (QED) is 0.731. The number of nitrogens with zero attached hydrogens (tertiary/aromatic N) is 2. The van der Waals surface area contributed by atoms with E-state index in [1.165, 1.54) is 17.4 Å². The zero-order valence-corrected chi connectivity index (χ0v) is 14.2. The van der Waals surface area contributed by atoms with E-state index in [-0.39, 0.29) is 16.5 Å². The Hall–Kier alpha value is -2.40. The van der Waals surface area contributed by atoms with Gasteiger partial charge in [-0.1, -0.05) is 5.16 Å². The summed E-state index contributed by atoms with van der Waals surface area (Å²) in [6, 6.07) is 4.72. The number of nitrogens with one attached hydrogen (secondary N) is 1. The molecule has 2 heterocycles. The molecule has 3 rings (SSSR count). The molecule has 3 aromatic rings. The van der Waals surface area contributed by atoms with Crippen molar-refractivity contribution < 1.29 is 26.1 Å². The van der Waals surface area contributed by atoms with E-state index in [0.29, 0.717) is 22.8 Å². The SMILES string of the molecule is Cc1noc(-c2sccc2NS(=O)(=O)c2ccc(C(F)(F)F)cc2)n1. The number of hydrogen-bond acceptors (Lipinski definition) is 6. The molecule has 2 aromatic heterocycles. The van der Waals surface area contributed by atoms with Crippen LogP contribution in [0.1, 0.15) is 11.4 Å². The molecule has 0 atom stereocenters. The molecule has 1 aromatic carbocycles. The first-order valence-corrected chi connectivity index (χ1v) is 9.11. The Morgan fingerprint density at radius 1 is 1.16 bits per heavy atom. The zero-order valence-electron chi connectivity index (χ0n) is 12.5. The molecular weight excluding hydrogens is 379 g/mol. The Labute approximate surface area is 144 Å². The Kier molecular flexibility index (Phi) is 4.29. The molecule has 1 N–H and O–H groups in total. The fraction of sp³-hybridized carbons (Fsp3) is 0.143. The van der Waals surface area contributed by atoms with Crippen LogP contribution in [0, 0.1) is 6.92 Å². The topological polar surface area (TPSA) is 85.1 Å². The molecule has 0 saturated carbocycles. The molecule has 0 aliphatic heterocycles. The van der Waals surface area contributed by atoms with Crippen molar-refractivity contribution in [2.75, 3.05) is 4.72 Å². The lowest BCUT2D eigenvalue weighted by Crippen LogP contribution is -2.13. The first kappa shape index (κ1) is 17.4. The second-order valence-corrected chi connectivity index (χ2v) is 7.54. The van der Waals surface area contributed by atoms with Gasteiger partial charge in [-0.25, -0.2) is 8.42 Å². The minimum Gasteiger partial charge on any atom is -0.333 e. The first-order chi connectivity index (χ1) is 11.7. The van der Waals surface area contributed by atoms with E-state index < -0.39 is 21.8 Å². The average Bonchev–Trinajstić information content (AvgIpc) is 3.15. The average molecular weight is 389 g/mol. The van der Waals surface area contributed by atoms with Gasteiger partial charge in [0.1, 0.15) is 4.88 Å². The van der Waals surface area contributed by atoms with Gasteiger partial charge in [0.15, 0.2) is 5.82 Å². The van der Waals surface area contributed by atoms with Gasteiger partial charge in [-0.2, -0.15) is 18.2 Å². The number of rotatable bonds is 4. The second kappa shape index (κ2) is 6.15. The summed E-state index contributed by atoms with van der Waals surface area (Å²) >= 11 is 1.19. The van der Waals surface area contributed by atoms with Gasteiger partial charge in [0.05, 0.1) is 16.1 Å². The smallest absolute Gasteiger partial charge is 0.333 e. The number of aromatic nitrogens is 2. The summed E-state index contributed by atoms with van der Waals surface area (Å²) in [4.78, 5) is 4.15. The van der Waals surface area contributed by atoms with Crippen LogP contribution in [0.3, 0.4) is 0 Å². The first-order valence-electron chi connectivity index (χ1n) is 6.75. The maximum absolute atomic E-state index is 12.6. The Balaban J connectivity index is 1.89. The largest absolute Gasteiger partial charge is 0.416 e. The van der Waals surface area contributed by atoms with Gasteiger partial charge in [0.2, 0.25) is 0 Å². The molecule has 132 valence electrons. The molecule has 0 fully saturated rings. The summed E-state index contributed by atoms with van der Waals surface area (Å²) in [7, 11) is -4.07. The minimum absolute atomic E-state index is 0.151. The molecule has 0 amide bonds. The minimum atomic E-state index is -4.54. The summed E-state index contributed by atoms with van der Waals surface area (Å²) in [5.74, 6) is 0.539. The van der Waals surface area contributed by atoms with Crippen LogP contribution >= 0.6 is 11.3 Å². The highest BCUT2D eigenvalue weighted by Crippen LogP contribution is 2.34. The van der Waals surface area contributed by atoms with Crippen molar-refractivity contribution >= 4 is 27.0 Å². The van der Waals surface area contributed by atoms with Gasteiger partial charge in [0, 0.05) is 0 Å². The van der Waals surface area contributed by atoms with Crippen molar-refractivity contribution in [3.63, 3.8) is 0 Å². The molecule has 0 aliphatic carbocycles. The molecule has 25 heavy (non-hydrogen) atoms. The number of thiophene rings is 1. The number of alkyl halides is 3. The van der Waals surface area contributed by atoms with E-state index in [1.807, 2.05) is 0 Å². The number of hydrogen-bond donors (Lipinski definition) is 1. The van der Waals surface area contributed by atoms with Crippen molar-refractivity contribution in [2.24, 2.45) is 0 Å². The Morgan fingerprint density at radius 2 is 1.84 bits per heavy atom. The lowest BCUT2D eigenvalue weighted by atomic mass is 10.2. The summed E-state index contributed by atoms with van der Waals surface area (Å²) in [5, 5.41) is 5.26. The molecular formula is C14H10F3N3O3S2. The molecule has 0 bridgehead atoms. The monoisotopic (exact) mass is 389 g/mol. The van der Waals surface area contributed by atoms with Crippen molar-refractivity contribution in [3.8, 4) is 10.8 Å². The number of sulfonamides is 1.